The number of hydrazine groups is 1. The highest BCUT2D eigenvalue weighted by Gasteiger charge is 2.20. The Kier molecular flexibility index (Phi) is 12.6. The van der Waals surface area contributed by atoms with Crippen molar-refractivity contribution in [2.45, 2.75) is 66.3 Å². The molecule has 0 aromatic carbocycles. The Bertz CT molecular complexity index is 1080. The van der Waals surface area contributed by atoms with Gasteiger partial charge in [-0.2, -0.15) is 0 Å². The van der Waals surface area contributed by atoms with E-state index in [1.165, 1.54) is 6.20 Å². The van der Waals surface area contributed by atoms with Gasteiger partial charge in [0.25, 0.3) is 11.8 Å². The van der Waals surface area contributed by atoms with Gasteiger partial charge in [-0.1, -0.05) is 45.2 Å². The van der Waals surface area contributed by atoms with Gasteiger partial charge in [0.05, 0.1) is 11.3 Å². The summed E-state index contributed by atoms with van der Waals surface area (Å²) in [5, 5.41) is 7.01. The van der Waals surface area contributed by atoms with Crippen molar-refractivity contribution in [2.24, 2.45) is 11.8 Å². The van der Waals surface area contributed by atoms with Crippen molar-refractivity contribution in [3.8, 4) is 0 Å². The first kappa shape index (κ1) is 31.2. The molecule has 2 rings (SSSR count). The summed E-state index contributed by atoms with van der Waals surface area (Å²) >= 11 is 5.96. The SMILES string of the molecule is CCCC(CCNC(=O)c1cnc(Cl)c(C)c1)NCCN(CC(C)CC)c1nc(N)c(C(=O)NN)nc1C. The highest BCUT2D eigenvalue weighted by Crippen LogP contribution is 2.21. The summed E-state index contributed by atoms with van der Waals surface area (Å²) in [5.74, 6) is 5.64. The van der Waals surface area contributed by atoms with Gasteiger partial charge in [0.1, 0.15) is 5.15 Å². The quantitative estimate of drug-likeness (QED) is 0.0975. The van der Waals surface area contributed by atoms with Crippen molar-refractivity contribution in [3.05, 3.63) is 39.9 Å². The number of anilines is 2. The number of aryl methyl sites for hydroxylation is 2. The molecule has 0 aliphatic carbocycles. The number of pyridine rings is 1. The molecule has 0 spiro atoms. The number of carbonyl (C=O) groups excluding carboxylic acids is 2. The van der Waals surface area contributed by atoms with Crippen LogP contribution < -0.4 is 32.5 Å². The number of nitrogens with two attached hydrogens (primary N) is 2. The molecule has 2 heterocycles. The Labute approximate surface area is 230 Å². The van der Waals surface area contributed by atoms with Crippen LogP contribution in [-0.2, 0) is 0 Å². The largest absolute Gasteiger partial charge is 0.382 e. The van der Waals surface area contributed by atoms with Gasteiger partial charge in [0.15, 0.2) is 17.3 Å². The second-order valence-corrected chi connectivity index (χ2v) is 9.97. The van der Waals surface area contributed by atoms with Gasteiger partial charge in [-0.05, 0) is 44.2 Å². The van der Waals surface area contributed by atoms with Gasteiger partial charge in [-0.25, -0.2) is 20.8 Å². The molecule has 2 unspecified atom stereocenters. The normalized spacial score (nSPS) is 12.6. The topological polar surface area (TPSA) is 164 Å². The molecule has 0 saturated heterocycles. The van der Waals surface area contributed by atoms with E-state index in [9.17, 15) is 9.59 Å². The lowest BCUT2D eigenvalue weighted by molar-refractivity contribution is 0.0942. The molecule has 2 aromatic heterocycles. The Hall–Kier alpha value is -3.02. The summed E-state index contributed by atoms with van der Waals surface area (Å²) in [6.45, 7) is 12.8. The van der Waals surface area contributed by atoms with E-state index in [1.54, 1.807) is 6.07 Å². The Morgan fingerprint density at radius 1 is 1.13 bits per heavy atom. The van der Waals surface area contributed by atoms with E-state index in [0.717, 1.165) is 37.8 Å². The summed E-state index contributed by atoms with van der Waals surface area (Å²) < 4.78 is 0. The third-order valence-corrected chi connectivity index (χ3v) is 6.85. The lowest BCUT2D eigenvalue weighted by Crippen LogP contribution is -2.41. The molecule has 7 N–H and O–H groups in total. The van der Waals surface area contributed by atoms with E-state index < -0.39 is 5.91 Å². The minimum Gasteiger partial charge on any atom is -0.382 e. The summed E-state index contributed by atoms with van der Waals surface area (Å²) in [4.78, 5) is 39.6. The number of hydrogen-bond donors (Lipinski definition) is 5. The molecule has 2 aromatic rings. The fourth-order valence-electron chi connectivity index (χ4n) is 4.09. The molecule has 210 valence electrons. The second kappa shape index (κ2) is 15.4. The lowest BCUT2D eigenvalue weighted by Gasteiger charge is -2.29. The molecule has 2 amide bonds. The van der Waals surface area contributed by atoms with Gasteiger partial charge in [0, 0.05) is 38.4 Å². The van der Waals surface area contributed by atoms with Crippen LogP contribution in [0.25, 0.3) is 0 Å². The molecular formula is C26H42ClN9O2. The van der Waals surface area contributed by atoms with Crippen molar-refractivity contribution in [1.29, 1.82) is 0 Å². The van der Waals surface area contributed by atoms with Crippen molar-refractivity contribution in [2.75, 3.05) is 36.8 Å². The Morgan fingerprint density at radius 3 is 2.50 bits per heavy atom. The van der Waals surface area contributed by atoms with Crippen LogP contribution in [-0.4, -0.2) is 59.0 Å². The molecule has 0 saturated carbocycles. The summed E-state index contributed by atoms with van der Waals surface area (Å²) in [6, 6.07) is 1.98. The standard InChI is InChI=1S/C26H42ClN9O2/c1-6-8-20(9-10-31-25(37)19-13-17(4)22(27)32-14-19)30-11-12-36(15-16(3)7-2)24-18(5)33-21(23(28)34-24)26(38)35-29/h13-14,16,20,30H,6-12,15,29H2,1-5H3,(H2,28,34)(H,31,37)(H,35,38). The third-order valence-electron chi connectivity index (χ3n) is 6.45. The summed E-state index contributed by atoms with van der Waals surface area (Å²) in [6.07, 6.45) is 5.30. The number of nitrogen functional groups attached to an aromatic ring is 2. The highest BCUT2D eigenvalue weighted by atomic mass is 35.5. The first-order chi connectivity index (χ1) is 18.1. The molecule has 0 fully saturated rings. The molecule has 11 nitrogen and oxygen atoms in total. The van der Waals surface area contributed by atoms with E-state index >= 15 is 0 Å². The van der Waals surface area contributed by atoms with Crippen LogP contribution in [0.1, 0.15) is 78.6 Å². The van der Waals surface area contributed by atoms with E-state index in [4.69, 9.17) is 23.2 Å². The van der Waals surface area contributed by atoms with Gasteiger partial charge in [-0.15, -0.1) is 0 Å². The first-order valence-corrected chi connectivity index (χ1v) is 13.5. The molecule has 38 heavy (non-hydrogen) atoms. The number of nitrogens with one attached hydrogen (secondary N) is 3. The zero-order valence-electron chi connectivity index (χ0n) is 23.1. The van der Waals surface area contributed by atoms with Crippen molar-refractivity contribution < 1.29 is 9.59 Å². The maximum absolute atomic E-state index is 12.5. The first-order valence-electron chi connectivity index (χ1n) is 13.1. The predicted octanol–water partition coefficient (Wildman–Crippen LogP) is 2.76. The van der Waals surface area contributed by atoms with Crippen LogP contribution in [0.4, 0.5) is 11.6 Å². The average Bonchev–Trinajstić information content (AvgIpc) is 2.89. The van der Waals surface area contributed by atoms with Gasteiger partial charge in [0.2, 0.25) is 0 Å². The Balaban J connectivity index is 2.01. The number of aromatic nitrogens is 3. The van der Waals surface area contributed by atoms with Crippen LogP contribution in [0.15, 0.2) is 12.3 Å². The number of carbonyl (C=O) groups is 2. The maximum atomic E-state index is 12.5. The number of rotatable bonds is 15. The van der Waals surface area contributed by atoms with Gasteiger partial charge in [-0.3, -0.25) is 15.0 Å². The predicted molar refractivity (Wildman–Crippen MR) is 152 cm³/mol. The van der Waals surface area contributed by atoms with Crippen LogP contribution >= 0.6 is 11.6 Å². The van der Waals surface area contributed by atoms with Crippen LogP contribution in [0, 0.1) is 19.8 Å². The lowest BCUT2D eigenvalue weighted by atomic mass is 10.1. The zero-order chi connectivity index (χ0) is 28.2. The van der Waals surface area contributed by atoms with Crippen molar-refractivity contribution in [1.82, 2.24) is 31.0 Å². The fraction of sp³-hybridized carbons (Fsp3) is 0.577. The molecular weight excluding hydrogens is 506 g/mol. The fourth-order valence-corrected chi connectivity index (χ4v) is 4.20. The smallest absolute Gasteiger partial charge is 0.287 e. The molecule has 0 bridgehead atoms. The monoisotopic (exact) mass is 547 g/mol. The molecule has 12 heteroatoms. The number of halogens is 1. The second-order valence-electron chi connectivity index (χ2n) is 9.62. The van der Waals surface area contributed by atoms with E-state index in [-0.39, 0.29) is 23.5 Å². The van der Waals surface area contributed by atoms with E-state index in [0.29, 0.717) is 47.8 Å². The van der Waals surface area contributed by atoms with Crippen LogP contribution in [0.3, 0.4) is 0 Å². The summed E-state index contributed by atoms with van der Waals surface area (Å²) in [7, 11) is 0. The number of amides is 2. The summed E-state index contributed by atoms with van der Waals surface area (Å²) in [5.41, 5.74) is 10.00. The van der Waals surface area contributed by atoms with Crippen LogP contribution in [0.2, 0.25) is 5.15 Å². The third kappa shape index (κ3) is 9.07. The van der Waals surface area contributed by atoms with E-state index in [1.807, 2.05) is 13.8 Å². The Morgan fingerprint density at radius 2 is 1.87 bits per heavy atom. The minimum atomic E-state index is -0.572. The number of nitrogens with zero attached hydrogens (tertiary/aromatic N) is 4. The van der Waals surface area contributed by atoms with Crippen molar-refractivity contribution >= 4 is 35.1 Å². The molecule has 0 radical (unpaired) electrons. The van der Waals surface area contributed by atoms with E-state index in [2.05, 4.69) is 56.7 Å². The minimum absolute atomic E-state index is 0.0185. The highest BCUT2D eigenvalue weighted by molar-refractivity contribution is 6.30. The number of hydrogen-bond acceptors (Lipinski definition) is 9. The maximum Gasteiger partial charge on any atom is 0.287 e. The average molecular weight is 548 g/mol. The van der Waals surface area contributed by atoms with Crippen molar-refractivity contribution in [3.63, 3.8) is 0 Å². The van der Waals surface area contributed by atoms with Gasteiger partial charge < -0.3 is 21.3 Å². The molecule has 0 aliphatic heterocycles. The van der Waals surface area contributed by atoms with Gasteiger partial charge >= 0.3 is 0 Å². The molecule has 0 aliphatic rings. The van der Waals surface area contributed by atoms with Crippen LogP contribution in [0.5, 0.6) is 0 Å². The zero-order valence-corrected chi connectivity index (χ0v) is 23.9. The molecule has 2 atom stereocenters.